The van der Waals surface area contributed by atoms with Gasteiger partial charge in [-0.05, 0) is 65.6 Å². The number of amides is 2. The number of benzene rings is 4. The van der Waals surface area contributed by atoms with Crippen LogP contribution in [0.25, 0.3) is 33.5 Å². The summed E-state index contributed by atoms with van der Waals surface area (Å²) in [7, 11) is 0. The van der Waals surface area contributed by atoms with Crippen molar-refractivity contribution in [3.05, 3.63) is 108 Å². The van der Waals surface area contributed by atoms with Crippen LogP contribution in [0.5, 0.6) is 5.75 Å². The molecule has 5 rings (SSSR count). The minimum absolute atomic E-state index is 0.00593. The van der Waals surface area contributed by atoms with Crippen molar-refractivity contribution in [3.8, 4) is 34.5 Å². The zero-order valence-corrected chi connectivity index (χ0v) is 21.8. The number of rotatable bonds is 8. The standard InChI is InChI=1S/C32H27N5O3/c1-2-8-27(20-9-4-3-5-10-20)37-31(39)21-13-15-23(26(17-21)32(40)34-19-33)25-18-22(38)14-16-24(25)30-35-28-11-6-7-12-29(28)36-30/h3-7,9-18,27,38H,2,8H2,1H3,(H,34,40)(H,35,36)(H,37,39)/t27-/m1/s1. The highest BCUT2D eigenvalue weighted by molar-refractivity contribution is 6.06. The van der Waals surface area contributed by atoms with Crippen LogP contribution in [0, 0.1) is 11.5 Å². The van der Waals surface area contributed by atoms with Gasteiger partial charge in [0.15, 0.2) is 6.19 Å². The number of carbonyl (C=O) groups is 2. The van der Waals surface area contributed by atoms with Gasteiger partial charge in [0.2, 0.25) is 0 Å². The van der Waals surface area contributed by atoms with Crippen molar-refractivity contribution < 1.29 is 14.7 Å². The quantitative estimate of drug-likeness (QED) is 0.143. The SMILES string of the molecule is CCC[C@@H](NC(=O)c1ccc(-c2cc(O)ccc2-c2nc3ccccc3[nH]2)c(C(=O)NC#N)c1)c1ccccc1. The topological polar surface area (TPSA) is 131 Å². The Kier molecular flexibility index (Phi) is 7.56. The van der Waals surface area contributed by atoms with Crippen LogP contribution in [0.15, 0.2) is 91.0 Å². The molecular weight excluding hydrogens is 502 g/mol. The van der Waals surface area contributed by atoms with Gasteiger partial charge in [-0.3, -0.25) is 14.9 Å². The Bertz CT molecular complexity index is 1700. The summed E-state index contributed by atoms with van der Waals surface area (Å²) in [5.41, 5.74) is 4.58. The first-order chi connectivity index (χ1) is 19.5. The Labute approximate surface area is 231 Å². The lowest BCUT2D eigenvalue weighted by atomic mass is 9.92. The van der Waals surface area contributed by atoms with Gasteiger partial charge in [0.1, 0.15) is 11.6 Å². The van der Waals surface area contributed by atoms with E-state index >= 15 is 0 Å². The molecular formula is C32H27N5O3. The lowest BCUT2D eigenvalue weighted by molar-refractivity contribution is 0.0934. The van der Waals surface area contributed by atoms with E-state index in [0.717, 1.165) is 29.4 Å². The number of phenolic OH excluding ortho intramolecular Hbond substituents is 1. The Morgan fingerprint density at radius 3 is 2.42 bits per heavy atom. The molecule has 0 aliphatic rings. The Morgan fingerprint density at radius 2 is 1.68 bits per heavy atom. The van der Waals surface area contributed by atoms with Crippen LogP contribution in [-0.4, -0.2) is 26.9 Å². The van der Waals surface area contributed by atoms with Crippen LogP contribution in [0.4, 0.5) is 0 Å². The maximum atomic E-state index is 13.4. The Morgan fingerprint density at radius 1 is 0.925 bits per heavy atom. The molecule has 1 heterocycles. The fraction of sp³-hybridized carbons (Fsp3) is 0.125. The summed E-state index contributed by atoms with van der Waals surface area (Å²) in [6.07, 6.45) is 3.29. The number of aromatic amines is 1. The lowest BCUT2D eigenvalue weighted by Gasteiger charge is -2.19. The summed E-state index contributed by atoms with van der Waals surface area (Å²) in [5, 5.41) is 24.8. The van der Waals surface area contributed by atoms with E-state index in [1.165, 1.54) is 12.1 Å². The van der Waals surface area contributed by atoms with Gasteiger partial charge < -0.3 is 15.4 Å². The predicted octanol–water partition coefficient (Wildman–Crippen LogP) is 6.08. The second-order valence-electron chi connectivity index (χ2n) is 9.38. The molecule has 0 unspecified atom stereocenters. The number of hydrogen-bond acceptors (Lipinski definition) is 5. The number of nitrogens with zero attached hydrogens (tertiary/aromatic N) is 2. The Balaban J connectivity index is 1.58. The molecule has 8 heteroatoms. The predicted molar refractivity (Wildman–Crippen MR) is 153 cm³/mol. The van der Waals surface area contributed by atoms with Gasteiger partial charge in [-0.15, -0.1) is 0 Å². The van der Waals surface area contributed by atoms with Gasteiger partial charge in [0.25, 0.3) is 11.8 Å². The molecule has 198 valence electrons. The molecule has 0 saturated carbocycles. The molecule has 0 aliphatic heterocycles. The first-order valence-electron chi connectivity index (χ1n) is 13.0. The zero-order chi connectivity index (χ0) is 28.1. The molecule has 8 nitrogen and oxygen atoms in total. The summed E-state index contributed by atoms with van der Waals surface area (Å²) >= 11 is 0. The average Bonchev–Trinajstić information content (AvgIpc) is 3.41. The molecule has 2 amide bonds. The first kappa shape index (κ1) is 26.2. The van der Waals surface area contributed by atoms with Crippen molar-refractivity contribution in [1.82, 2.24) is 20.6 Å². The fourth-order valence-electron chi connectivity index (χ4n) is 4.81. The highest BCUT2D eigenvalue weighted by Gasteiger charge is 2.22. The number of nitriles is 1. The van der Waals surface area contributed by atoms with E-state index in [2.05, 4.69) is 27.5 Å². The largest absolute Gasteiger partial charge is 0.508 e. The monoisotopic (exact) mass is 529 g/mol. The molecule has 0 saturated heterocycles. The van der Waals surface area contributed by atoms with Crippen LogP contribution < -0.4 is 10.6 Å². The number of nitrogens with one attached hydrogen (secondary N) is 3. The van der Waals surface area contributed by atoms with Crippen LogP contribution in [-0.2, 0) is 0 Å². The molecule has 1 aromatic heterocycles. The number of hydrogen-bond donors (Lipinski definition) is 4. The molecule has 0 bridgehead atoms. The van der Waals surface area contributed by atoms with E-state index in [0.29, 0.717) is 22.5 Å². The van der Waals surface area contributed by atoms with Gasteiger partial charge in [-0.2, -0.15) is 5.26 Å². The van der Waals surface area contributed by atoms with E-state index in [1.807, 2.05) is 54.6 Å². The minimum atomic E-state index is -0.667. The van der Waals surface area contributed by atoms with E-state index < -0.39 is 5.91 Å². The third-order valence-corrected chi connectivity index (χ3v) is 6.72. The fourth-order valence-corrected chi connectivity index (χ4v) is 4.81. The third kappa shape index (κ3) is 5.40. The number of aromatic hydroxyl groups is 1. The first-order valence-corrected chi connectivity index (χ1v) is 13.0. The van der Waals surface area contributed by atoms with Crippen LogP contribution in [0.2, 0.25) is 0 Å². The number of carbonyl (C=O) groups excluding carboxylic acids is 2. The highest BCUT2D eigenvalue weighted by atomic mass is 16.3. The maximum Gasteiger partial charge on any atom is 0.264 e. The lowest BCUT2D eigenvalue weighted by Crippen LogP contribution is -2.29. The maximum absolute atomic E-state index is 13.4. The number of aromatic nitrogens is 2. The van der Waals surface area contributed by atoms with Gasteiger partial charge in [0, 0.05) is 16.7 Å². The van der Waals surface area contributed by atoms with E-state index in [9.17, 15) is 20.0 Å². The van der Waals surface area contributed by atoms with Crippen molar-refractivity contribution in [2.45, 2.75) is 25.8 Å². The minimum Gasteiger partial charge on any atom is -0.508 e. The highest BCUT2D eigenvalue weighted by Crippen LogP contribution is 2.36. The number of para-hydroxylation sites is 2. The van der Waals surface area contributed by atoms with Crippen LogP contribution in [0.1, 0.15) is 52.1 Å². The second kappa shape index (κ2) is 11.5. The summed E-state index contributed by atoms with van der Waals surface area (Å²) in [5.74, 6) is -0.462. The molecule has 0 fully saturated rings. The summed E-state index contributed by atoms with van der Waals surface area (Å²) in [6.45, 7) is 2.05. The second-order valence-corrected chi connectivity index (χ2v) is 9.38. The number of phenols is 1. The van der Waals surface area contributed by atoms with Crippen molar-refractivity contribution in [3.63, 3.8) is 0 Å². The number of fused-ring (bicyclic) bond motifs is 1. The number of imidazole rings is 1. The zero-order valence-electron chi connectivity index (χ0n) is 21.8. The summed E-state index contributed by atoms with van der Waals surface area (Å²) < 4.78 is 0. The van der Waals surface area contributed by atoms with E-state index in [-0.39, 0.29) is 28.8 Å². The van der Waals surface area contributed by atoms with Crippen molar-refractivity contribution in [2.24, 2.45) is 0 Å². The molecule has 40 heavy (non-hydrogen) atoms. The van der Waals surface area contributed by atoms with Crippen molar-refractivity contribution in [2.75, 3.05) is 0 Å². The number of H-pyrrole nitrogens is 1. The van der Waals surface area contributed by atoms with Gasteiger partial charge in [-0.25, -0.2) is 4.98 Å². The van der Waals surface area contributed by atoms with Crippen molar-refractivity contribution in [1.29, 1.82) is 5.26 Å². The van der Waals surface area contributed by atoms with Crippen molar-refractivity contribution >= 4 is 22.8 Å². The molecule has 0 spiro atoms. The van der Waals surface area contributed by atoms with E-state index in [1.54, 1.807) is 30.5 Å². The molecule has 0 radical (unpaired) electrons. The van der Waals surface area contributed by atoms with Crippen LogP contribution >= 0.6 is 0 Å². The van der Waals surface area contributed by atoms with E-state index in [4.69, 9.17) is 0 Å². The third-order valence-electron chi connectivity index (χ3n) is 6.72. The van der Waals surface area contributed by atoms with Crippen LogP contribution in [0.3, 0.4) is 0 Å². The molecule has 1 atom stereocenters. The molecule has 5 aromatic rings. The smallest absolute Gasteiger partial charge is 0.264 e. The average molecular weight is 530 g/mol. The van der Waals surface area contributed by atoms with Gasteiger partial charge >= 0.3 is 0 Å². The molecule has 0 aliphatic carbocycles. The van der Waals surface area contributed by atoms with Gasteiger partial charge in [-0.1, -0.05) is 61.9 Å². The summed E-state index contributed by atoms with van der Waals surface area (Å²) in [6, 6.07) is 26.7. The molecule has 4 aromatic carbocycles. The Hall–Kier alpha value is -5.42. The summed E-state index contributed by atoms with van der Waals surface area (Å²) in [4.78, 5) is 34.4. The van der Waals surface area contributed by atoms with Gasteiger partial charge in [0.05, 0.1) is 17.1 Å². The molecule has 4 N–H and O–H groups in total. The normalized spacial score (nSPS) is 11.5.